The highest BCUT2D eigenvalue weighted by Gasteiger charge is 2.29. The predicted octanol–water partition coefficient (Wildman–Crippen LogP) is 0.783. The van der Waals surface area contributed by atoms with Gasteiger partial charge in [-0.3, -0.25) is 0 Å². The predicted molar refractivity (Wildman–Crippen MR) is 73.7 cm³/mol. The number of rotatable bonds is 4. The maximum atomic E-state index is 11.4. The van der Waals surface area contributed by atoms with E-state index in [2.05, 4.69) is 15.3 Å². The van der Waals surface area contributed by atoms with Crippen molar-refractivity contribution < 1.29 is 8.42 Å². The monoisotopic (exact) mass is 282 g/mol. The van der Waals surface area contributed by atoms with Gasteiger partial charge in [-0.15, -0.1) is 0 Å². The number of hydrogen-bond acceptors (Lipinski definition) is 6. The zero-order chi connectivity index (χ0) is 13.5. The molecule has 0 radical (unpaired) electrons. The molecule has 3 N–H and O–H groups in total. The van der Waals surface area contributed by atoms with Crippen LogP contribution in [0.1, 0.15) is 31.0 Å². The van der Waals surface area contributed by atoms with E-state index in [1.54, 1.807) is 6.07 Å². The second-order valence-corrected chi connectivity index (χ2v) is 7.69. The van der Waals surface area contributed by atoms with Crippen LogP contribution in [0.5, 0.6) is 0 Å². The van der Waals surface area contributed by atoms with Crippen LogP contribution in [-0.2, 0) is 9.84 Å². The summed E-state index contributed by atoms with van der Waals surface area (Å²) in [6.45, 7) is 0.625. The Balaban J connectivity index is 1.63. The van der Waals surface area contributed by atoms with Gasteiger partial charge in [0.2, 0.25) is 0 Å². The molecular formula is C12H18N4O2S. The lowest BCUT2D eigenvalue weighted by molar-refractivity contribution is 0.595. The highest BCUT2D eigenvalue weighted by Crippen LogP contribution is 2.38. The second kappa shape index (κ2) is 4.63. The first-order chi connectivity index (χ1) is 9.02. The molecule has 104 valence electrons. The minimum absolute atomic E-state index is 0.172. The standard InChI is InChI=1S/C12H18N4O2S/c13-10-5-11(16-12(15-10)9-1-2-9)14-6-8-3-4-19(17,18)7-8/h5,8-9H,1-4,6-7H2,(H3,13,14,15,16). The highest BCUT2D eigenvalue weighted by atomic mass is 32.2. The van der Waals surface area contributed by atoms with Gasteiger partial charge in [0.25, 0.3) is 0 Å². The molecule has 1 aliphatic carbocycles. The van der Waals surface area contributed by atoms with Crippen LogP contribution in [0, 0.1) is 5.92 Å². The molecule has 1 saturated carbocycles. The summed E-state index contributed by atoms with van der Waals surface area (Å²) in [4.78, 5) is 8.67. The zero-order valence-corrected chi connectivity index (χ0v) is 11.5. The molecule has 19 heavy (non-hydrogen) atoms. The van der Waals surface area contributed by atoms with Gasteiger partial charge in [0.15, 0.2) is 9.84 Å². The third-order valence-corrected chi connectivity index (χ3v) is 5.44. The molecule has 3 rings (SSSR count). The fraction of sp³-hybridized carbons (Fsp3) is 0.667. The van der Waals surface area contributed by atoms with Crippen molar-refractivity contribution in [2.75, 3.05) is 29.1 Å². The summed E-state index contributed by atoms with van der Waals surface area (Å²) in [6, 6.07) is 1.70. The Morgan fingerprint density at radius 3 is 2.74 bits per heavy atom. The Labute approximate surface area is 112 Å². The average Bonchev–Trinajstić information content (AvgIpc) is 3.11. The molecule has 0 aromatic carbocycles. The number of nitrogens with two attached hydrogens (primary N) is 1. The molecule has 1 aromatic heterocycles. The molecule has 1 unspecified atom stereocenters. The van der Waals surface area contributed by atoms with Crippen molar-refractivity contribution in [3.63, 3.8) is 0 Å². The Morgan fingerprint density at radius 2 is 2.11 bits per heavy atom. The van der Waals surface area contributed by atoms with Crippen molar-refractivity contribution in [3.05, 3.63) is 11.9 Å². The van der Waals surface area contributed by atoms with Crippen LogP contribution in [0.4, 0.5) is 11.6 Å². The summed E-state index contributed by atoms with van der Waals surface area (Å²) in [5, 5.41) is 3.19. The lowest BCUT2D eigenvalue weighted by Crippen LogP contribution is -2.17. The molecule has 2 heterocycles. The summed E-state index contributed by atoms with van der Waals surface area (Å²) in [6.07, 6.45) is 2.99. The molecule has 0 bridgehead atoms. The minimum atomic E-state index is -2.82. The van der Waals surface area contributed by atoms with E-state index in [0.29, 0.717) is 29.9 Å². The van der Waals surface area contributed by atoms with E-state index < -0.39 is 9.84 Å². The largest absolute Gasteiger partial charge is 0.384 e. The van der Waals surface area contributed by atoms with E-state index in [9.17, 15) is 8.42 Å². The Kier molecular flexibility index (Phi) is 3.08. The van der Waals surface area contributed by atoms with E-state index in [-0.39, 0.29) is 11.7 Å². The summed E-state index contributed by atoms with van der Waals surface area (Å²) in [7, 11) is -2.82. The molecule has 1 atom stereocenters. The maximum Gasteiger partial charge on any atom is 0.150 e. The second-order valence-electron chi connectivity index (χ2n) is 5.46. The summed E-state index contributed by atoms with van der Waals surface area (Å²) >= 11 is 0. The highest BCUT2D eigenvalue weighted by molar-refractivity contribution is 7.91. The van der Waals surface area contributed by atoms with Gasteiger partial charge >= 0.3 is 0 Å². The summed E-state index contributed by atoms with van der Waals surface area (Å²) in [5.41, 5.74) is 5.76. The third-order valence-electron chi connectivity index (χ3n) is 3.60. The van der Waals surface area contributed by atoms with Crippen LogP contribution >= 0.6 is 0 Å². The van der Waals surface area contributed by atoms with Gasteiger partial charge in [-0.05, 0) is 25.2 Å². The smallest absolute Gasteiger partial charge is 0.150 e. The Hall–Kier alpha value is -1.37. The van der Waals surface area contributed by atoms with Crippen molar-refractivity contribution in [1.82, 2.24) is 9.97 Å². The summed E-state index contributed by atoms with van der Waals surface area (Å²) < 4.78 is 22.8. The van der Waals surface area contributed by atoms with Gasteiger partial charge in [0.1, 0.15) is 17.5 Å². The quantitative estimate of drug-likeness (QED) is 0.847. The molecular weight excluding hydrogens is 264 g/mol. The Bertz CT molecular complexity index is 583. The number of sulfone groups is 1. The third kappa shape index (κ3) is 3.15. The first-order valence-corrected chi connectivity index (χ1v) is 8.43. The Morgan fingerprint density at radius 1 is 1.32 bits per heavy atom. The molecule has 1 aliphatic heterocycles. The maximum absolute atomic E-state index is 11.4. The topological polar surface area (TPSA) is 98.0 Å². The first kappa shape index (κ1) is 12.7. The van der Waals surface area contributed by atoms with Gasteiger partial charge in [0, 0.05) is 18.5 Å². The van der Waals surface area contributed by atoms with Crippen LogP contribution in [0.25, 0.3) is 0 Å². The van der Waals surface area contributed by atoms with E-state index in [1.165, 1.54) is 0 Å². The van der Waals surface area contributed by atoms with Crippen molar-refractivity contribution in [1.29, 1.82) is 0 Å². The molecule has 2 fully saturated rings. The van der Waals surface area contributed by atoms with Gasteiger partial charge < -0.3 is 11.1 Å². The van der Waals surface area contributed by atoms with Crippen LogP contribution in [0.15, 0.2) is 6.07 Å². The molecule has 7 heteroatoms. The molecule has 0 spiro atoms. The van der Waals surface area contributed by atoms with Gasteiger partial charge in [0.05, 0.1) is 11.5 Å². The normalized spacial score (nSPS) is 25.4. The van der Waals surface area contributed by atoms with Crippen molar-refractivity contribution >= 4 is 21.5 Å². The number of nitrogens with one attached hydrogen (secondary N) is 1. The van der Waals surface area contributed by atoms with E-state index in [4.69, 9.17) is 5.73 Å². The number of nitrogen functional groups attached to an aromatic ring is 1. The number of hydrogen-bond donors (Lipinski definition) is 2. The lowest BCUT2D eigenvalue weighted by Gasteiger charge is -2.11. The van der Waals surface area contributed by atoms with Crippen molar-refractivity contribution in [2.24, 2.45) is 5.92 Å². The number of nitrogens with zero attached hydrogens (tertiary/aromatic N) is 2. The van der Waals surface area contributed by atoms with Crippen LogP contribution in [0.2, 0.25) is 0 Å². The molecule has 1 aromatic rings. The fourth-order valence-electron chi connectivity index (χ4n) is 2.38. The molecule has 2 aliphatic rings. The van der Waals surface area contributed by atoms with Crippen LogP contribution < -0.4 is 11.1 Å². The van der Waals surface area contributed by atoms with Gasteiger partial charge in [-0.1, -0.05) is 0 Å². The SMILES string of the molecule is Nc1cc(NCC2CCS(=O)(=O)C2)nc(C2CC2)n1. The van der Waals surface area contributed by atoms with Gasteiger partial charge in [-0.25, -0.2) is 18.4 Å². The fourth-order valence-corrected chi connectivity index (χ4v) is 4.24. The van der Waals surface area contributed by atoms with Crippen LogP contribution in [0.3, 0.4) is 0 Å². The first-order valence-electron chi connectivity index (χ1n) is 6.60. The van der Waals surface area contributed by atoms with Crippen molar-refractivity contribution in [2.45, 2.75) is 25.2 Å². The van der Waals surface area contributed by atoms with Gasteiger partial charge in [-0.2, -0.15) is 0 Å². The molecule has 6 nitrogen and oxygen atoms in total. The zero-order valence-electron chi connectivity index (χ0n) is 10.7. The average molecular weight is 282 g/mol. The number of aromatic nitrogens is 2. The van der Waals surface area contributed by atoms with E-state index in [0.717, 1.165) is 25.1 Å². The minimum Gasteiger partial charge on any atom is -0.384 e. The van der Waals surface area contributed by atoms with Crippen molar-refractivity contribution in [3.8, 4) is 0 Å². The van der Waals surface area contributed by atoms with Crippen LogP contribution in [-0.4, -0.2) is 36.4 Å². The molecule has 1 saturated heterocycles. The van der Waals surface area contributed by atoms with E-state index >= 15 is 0 Å². The lowest BCUT2D eigenvalue weighted by atomic mass is 10.1. The van der Waals surface area contributed by atoms with E-state index in [1.807, 2.05) is 0 Å². The number of anilines is 2. The molecule has 0 amide bonds. The summed E-state index contributed by atoms with van der Waals surface area (Å²) in [5.74, 6) is 3.19.